The van der Waals surface area contributed by atoms with Gasteiger partial charge >= 0.3 is 5.97 Å². The molecule has 0 spiro atoms. The van der Waals surface area contributed by atoms with Crippen molar-refractivity contribution in [1.29, 1.82) is 0 Å². The predicted octanol–water partition coefficient (Wildman–Crippen LogP) is 3.79. The fourth-order valence-electron chi connectivity index (χ4n) is 3.64. The quantitative estimate of drug-likeness (QED) is 0.414. The number of benzene rings is 3. The molecule has 3 aromatic carbocycles. The maximum atomic E-state index is 13.4. The number of carbonyl (C=O) groups is 2. The largest absolute Gasteiger partial charge is 0.449 e. The molecule has 0 radical (unpaired) electrons. The van der Waals surface area contributed by atoms with Crippen molar-refractivity contribution in [3.05, 3.63) is 83.9 Å². The summed E-state index contributed by atoms with van der Waals surface area (Å²) in [6, 6.07) is 14.7. The third-order valence-corrected chi connectivity index (χ3v) is 7.12. The molecule has 4 rings (SSSR count). The molecule has 38 heavy (non-hydrogen) atoms. The summed E-state index contributed by atoms with van der Waals surface area (Å²) in [5.41, 5.74) is 1.72. The Kier molecular flexibility index (Phi) is 8.23. The number of hydrogen-bond acceptors (Lipinski definition) is 7. The zero-order valence-corrected chi connectivity index (χ0v) is 21.1. The van der Waals surface area contributed by atoms with Crippen LogP contribution in [-0.4, -0.2) is 52.7 Å². The molecule has 0 saturated carbocycles. The van der Waals surface area contributed by atoms with Gasteiger partial charge in [-0.1, -0.05) is 0 Å². The first-order chi connectivity index (χ1) is 18.1. The van der Waals surface area contributed by atoms with Crippen LogP contribution >= 0.6 is 0 Å². The number of amides is 1. The van der Waals surface area contributed by atoms with E-state index in [-0.39, 0.29) is 11.3 Å². The fourth-order valence-corrected chi connectivity index (χ4v) is 4.71. The van der Waals surface area contributed by atoms with Gasteiger partial charge < -0.3 is 19.7 Å². The zero-order chi connectivity index (χ0) is 27.3. The second-order valence-corrected chi connectivity index (χ2v) is 10.1. The summed E-state index contributed by atoms with van der Waals surface area (Å²) < 4.78 is 64.1. The molecule has 1 atom stereocenters. The minimum Gasteiger partial charge on any atom is -0.449 e. The lowest BCUT2D eigenvalue weighted by atomic mass is 10.2. The van der Waals surface area contributed by atoms with Gasteiger partial charge in [-0.3, -0.25) is 9.52 Å². The van der Waals surface area contributed by atoms with E-state index in [1.54, 1.807) is 12.1 Å². The number of esters is 1. The summed E-state index contributed by atoms with van der Waals surface area (Å²) in [5.74, 6) is -3.77. The van der Waals surface area contributed by atoms with E-state index < -0.39 is 44.5 Å². The Morgan fingerprint density at radius 1 is 0.921 bits per heavy atom. The molecule has 200 valence electrons. The summed E-state index contributed by atoms with van der Waals surface area (Å²) in [6.45, 7) is 4.34. The Balaban J connectivity index is 1.31. The first-order valence-electron chi connectivity index (χ1n) is 11.6. The normalized spacial score (nSPS) is 14.4. The molecule has 0 aromatic heterocycles. The van der Waals surface area contributed by atoms with Crippen molar-refractivity contribution >= 4 is 39.0 Å². The van der Waals surface area contributed by atoms with E-state index in [1.165, 1.54) is 31.2 Å². The van der Waals surface area contributed by atoms with E-state index in [1.807, 2.05) is 12.1 Å². The number of sulfonamides is 1. The van der Waals surface area contributed by atoms with Gasteiger partial charge in [0.1, 0.15) is 0 Å². The molecule has 1 heterocycles. The van der Waals surface area contributed by atoms with Crippen LogP contribution in [0.15, 0.2) is 71.6 Å². The summed E-state index contributed by atoms with van der Waals surface area (Å²) in [4.78, 5) is 26.7. The van der Waals surface area contributed by atoms with Crippen LogP contribution in [0, 0.1) is 11.6 Å². The number of nitrogens with zero attached hydrogens (tertiary/aromatic N) is 1. The Morgan fingerprint density at radius 2 is 1.55 bits per heavy atom. The Hall–Kier alpha value is -4.03. The number of morpholine rings is 1. The Bertz CT molecular complexity index is 1410. The highest BCUT2D eigenvalue weighted by atomic mass is 32.2. The van der Waals surface area contributed by atoms with Crippen LogP contribution in [0.2, 0.25) is 0 Å². The van der Waals surface area contributed by atoms with Crippen molar-refractivity contribution in [3.8, 4) is 0 Å². The number of rotatable bonds is 8. The van der Waals surface area contributed by atoms with Crippen LogP contribution in [0.3, 0.4) is 0 Å². The minimum absolute atomic E-state index is 0.0790. The molecule has 1 aliphatic heterocycles. The second-order valence-electron chi connectivity index (χ2n) is 8.44. The monoisotopic (exact) mass is 545 g/mol. The topological polar surface area (TPSA) is 114 Å². The molecule has 2 N–H and O–H groups in total. The van der Waals surface area contributed by atoms with Crippen molar-refractivity contribution in [1.82, 2.24) is 0 Å². The number of anilines is 3. The maximum absolute atomic E-state index is 13.4. The van der Waals surface area contributed by atoms with Gasteiger partial charge in [0.05, 0.1) is 23.7 Å². The molecule has 1 amide bonds. The highest BCUT2D eigenvalue weighted by molar-refractivity contribution is 7.92. The van der Waals surface area contributed by atoms with Crippen molar-refractivity contribution in [2.75, 3.05) is 41.2 Å². The highest BCUT2D eigenvalue weighted by Crippen LogP contribution is 2.21. The van der Waals surface area contributed by atoms with Crippen molar-refractivity contribution < 1.29 is 36.3 Å². The van der Waals surface area contributed by atoms with Gasteiger partial charge in [-0.2, -0.15) is 0 Å². The average Bonchev–Trinajstić information content (AvgIpc) is 2.91. The third kappa shape index (κ3) is 6.64. The number of nitrogens with one attached hydrogen (secondary N) is 2. The summed E-state index contributed by atoms with van der Waals surface area (Å²) >= 11 is 0. The maximum Gasteiger partial charge on any atom is 0.338 e. The van der Waals surface area contributed by atoms with E-state index in [9.17, 15) is 26.8 Å². The van der Waals surface area contributed by atoms with Crippen LogP contribution < -0.4 is 14.9 Å². The number of hydrogen-bond donors (Lipinski definition) is 2. The molecule has 1 aliphatic rings. The van der Waals surface area contributed by atoms with E-state index in [2.05, 4.69) is 14.9 Å². The molecule has 12 heteroatoms. The fraction of sp³-hybridized carbons (Fsp3) is 0.231. The molecule has 1 saturated heterocycles. The predicted molar refractivity (Wildman–Crippen MR) is 137 cm³/mol. The van der Waals surface area contributed by atoms with Crippen molar-refractivity contribution in [2.24, 2.45) is 0 Å². The molecular formula is C26H25F2N3O6S. The summed E-state index contributed by atoms with van der Waals surface area (Å²) in [5, 5.41) is 2.70. The van der Waals surface area contributed by atoms with E-state index in [0.29, 0.717) is 31.0 Å². The molecule has 9 nitrogen and oxygen atoms in total. The van der Waals surface area contributed by atoms with Crippen LogP contribution in [0.1, 0.15) is 17.3 Å². The zero-order valence-electron chi connectivity index (χ0n) is 20.3. The van der Waals surface area contributed by atoms with Gasteiger partial charge in [0.2, 0.25) is 0 Å². The summed E-state index contributed by atoms with van der Waals surface area (Å²) in [6.07, 6.45) is -1.10. The van der Waals surface area contributed by atoms with Gasteiger partial charge in [-0.15, -0.1) is 0 Å². The van der Waals surface area contributed by atoms with Crippen LogP contribution in [0.4, 0.5) is 25.8 Å². The number of ether oxygens (including phenoxy) is 2. The molecule has 1 fully saturated rings. The Labute approximate surface area is 218 Å². The first kappa shape index (κ1) is 27.0. The minimum atomic E-state index is -4.19. The lowest BCUT2D eigenvalue weighted by molar-refractivity contribution is -0.123. The van der Waals surface area contributed by atoms with Gasteiger partial charge in [0, 0.05) is 30.2 Å². The lowest BCUT2D eigenvalue weighted by Gasteiger charge is -2.28. The summed E-state index contributed by atoms with van der Waals surface area (Å²) in [7, 11) is -4.19. The lowest BCUT2D eigenvalue weighted by Crippen LogP contribution is -2.36. The molecular weight excluding hydrogens is 520 g/mol. The van der Waals surface area contributed by atoms with Crippen LogP contribution in [0.25, 0.3) is 0 Å². The highest BCUT2D eigenvalue weighted by Gasteiger charge is 2.21. The van der Waals surface area contributed by atoms with Gasteiger partial charge in [-0.05, 0) is 73.7 Å². The van der Waals surface area contributed by atoms with Gasteiger partial charge in [0.15, 0.2) is 17.7 Å². The van der Waals surface area contributed by atoms with E-state index >= 15 is 0 Å². The molecule has 0 bridgehead atoms. The molecule has 1 unspecified atom stereocenters. The van der Waals surface area contributed by atoms with Gasteiger partial charge in [-0.25, -0.2) is 22.0 Å². The average molecular weight is 546 g/mol. The standard InChI is InChI=1S/C26H25F2N3O6S/c1-17(25(32)29-19-6-8-21(9-7-19)31-12-14-36-15-13-31)37-26(33)18-2-4-20(5-3-18)30-38(34,35)22-10-11-23(27)24(28)16-22/h2-11,16-17,30H,12-15H2,1H3,(H,29,32). The van der Waals surface area contributed by atoms with E-state index in [0.717, 1.165) is 24.8 Å². The van der Waals surface area contributed by atoms with Crippen molar-refractivity contribution in [3.63, 3.8) is 0 Å². The number of halogens is 2. The smallest absolute Gasteiger partial charge is 0.338 e. The third-order valence-electron chi connectivity index (χ3n) is 5.74. The van der Waals surface area contributed by atoms with Crippen molar-refractivity contribution in [2.45, 2.75) is 17.9 Å². The van der Waals surface area contributed by atoms with E-state index in [4.69, 9.17) is 9.47 Å². The molecule has 3 aromatic rings. The second kappa shape index (κ2) is 11.6. The number of carbonyl (C=O) groups excluding carboxylic acids is 2. The van der Waals surface area contributed by atoms with Crippen LogP contribution in [0.5, 0.6) is 0 Å². The SMILES string of the molecule is CC(OC(=O)c1ccc(NS(=O)(=O)c2ccc(F)c(F)c2)cc1)C(=O)Nc1ccc(N2CCOCC2)cc1. The van der Waals surface area contributed by atoms with Gasteiger partial charge in [0.25, 0.3) is 15.9 Å². The van der Waals surface area contributed by atoms with Crippen LogP contribution in [-0.2, 0) is 24.3 Å². The Morgan fingerprint density at radius 3 is 2.18 bits per heavy atom. The first-order valence-corrected chi connectivity index (χ1v) is 13.1. The molecule has 0 aliphatic carbocycles.